The molecule has 0 radical (unpaired) electrons. The van der Waals surface area contributed by atoms with Gasteiger partial charge >= 0.3 is 0 Å². The Morgan fingerprint density at radius 1 is 0.842 bits per heavy atom. The lowest BCUT2D eigenvalue weighted by molar-refractivity contribution is 0.669. The molecule has 4 rings (SSSR count). The highest BCUT2D eigenvalue weighted by Gasteiger charge is 2.10. The van der Waals surface area contributed by atoms with Crippen LogP contribution < -0.4 is 0 Å². The van der Waals surface area contributed by atoms with Gasteiger partial charge in [-0.05, 0) is 34.5 Å². The Balaban J connectivity index is 2.27. The molecule has 1 nitrogen and oxygen atoms in total. The minimum atomic E-state index is 0.861. The zero-order valence-electron chi connectivity index (χ0n) is 10.2. The third-order valence-electron chi connectivity index (χ3n) is 3.58. The second-order valence-corrected chi connectivity index (χ2v) is 5.29. The van der Waals surface area contributed by atoms with Gasteiger partial charge in [-0.3, -0.25) is 0 Å². The van der Waals surface area contributed by atoms with E-state index < -0.39 is 0 Å². The maximum Gasteiger partial charge on any atom is 0.136 e. The Kier molecular flexibility index (Phi) is 2.39. The van der Waals surface area contributed by atoms with Crippen LogP contribution in [0.5, 0.6) is 0 Å². The van der Waals surface area contributed by atoms with E-state index >= 15 is 0 Å². The van der Waals surface area contributed by atoms with E-state index in [-0.39, 0.29) is 0 Å². The van der Waals surface area contributed by atoms with E-state index in [0.717, 1.165) is 16.5 Å². The number of hydrogen-bond donors (Lipinski definition) is 0. The molecule has 2 heteroatoms. The van der Waals surface area contributed by atoms with Crippen molar-refractivity contribution in [1.82, 2.24) is 0 Å². The zero-order chi connectivity index (χ0) is 12.8. The van der Waals surface area contributed by atoms with E-state index in [1.54, 1.807) is 0 Å². The van der Waals surface area contributed by atoms with E-state index in [9.17, 15) is 0 Å². The summed E-state index contributed by atoms with van der Waals surface area (Å²) in [6.07, 6.45) is 0. The number of hydrogen-bond acceptors (Lipinski definition) is 1. The maximum absolute atomic E-state index is 5.94. The molecule has 0 aliphatic heterocycles. The Morgan fingerprint density at radius 3 is 2.58 bits per heavy atom. The summed E-state index contributed by atoms with van der Waals surface area (Å²) >= 11 is 3.51. The van der Waals surface area contributed by atoms with Crippen molar-refractivity contribution in [2.24, 2.45) is 0 Å². The SMILES string of the molecule is BrCc1ccc2oc3ccc4ccccc4c3c2c1. The van der Waals surface area contributed by atoms with Gasteiger partial charge in [0.2, 0.25) is 0 Å². The quantitative estimate of drug-likeness (QED) is 0.415. The van der Waals surface area contributed by atoms with Gasteiger partial charge in [0.1, 0.15) is 11.2 Å². The number of halogens is 1. The summed E-state index contributed by atoms with van der Waals surface area (Å²) in [6, 6.07) is 19.0. The first-order valence-electron chi connectivity index (χ1n) is 6.26. The van der Waals surface area contributed by atoms with Crippen LogP contribution in [0.2, 0.25) is 0 Å². The summed E-state index contributed by atoms with van der Waals surface area (Å²) in [7, 11) is 0. The molecule has 92 valence electrons. The van der Waals surface area contributed by atoms with Crippen molar-refractivity contribution in [2.45, 2.75) is 5.33 Å². The highest BCUT2D eigenvalue weighted by atomic mass is 79.9. The molecule has 0 saturated heterocycles. The van der Waals surface area contributed by atoms with Crippen LogP contribution in [0, 0.1) is 0 Å². The van der Waals surface area contributed by atoms with Gasteiger partial charge in [0.25, 0.3) is 0 Å². The number of rotatable bonds is 1. The second kappa shape index (κ2) is 4.10. The van der Waals surface area contributed by atoms with E-state index in [4.69, 9.17) is 4.42 Å². The number of alkyl halides is 1. The molecule has 3 aromatic carbocycles. The van der Waals surface area contributed by atoms with Crippen molar-refractivity contribution in [2.75, 3.05) is 0 Å². The summed E-state index contributed by atoms with van der Waals surface area (Å²) in [4.78, 5) is 0. The highest BCUT2D eigenvalue weighted by molar-refractivity contribution is 9.08. The first-order chi connectivity index (χ1) is 9.36. The van der Waals surface area contributed by atoms with Gasteiger partial charge in [-0.2, -0.15) is 0 Å². The Bertz CT molecular complexity index is 905. The summed E-state index contributed by atoms with van der Waals surface area (Å²) in [5.74, 6) is 0. The Morgan fingerprint density at radius 2 is 1.68 bits per heavy atom. The lowest BCUT2D eigenvalue weighted by Crippen LogP contribution is -1.77. The predicted octanol–water partition coefficient (Wildman–Crippen LogP) is 5.63. The van der Waals surface area contributed by atoms with Crippen molar-refractivity contribution in [3.8, 4) is 0 Å². The molecule has 0 N–H and O–H groups in total. The molecular formula is C17H11BrO. The van der Waals surface area contributed by atoms with Gasteiger partial charge in [-0.1, -0.05) is 52.3 Å². The molecule has 19 heavy (non-hydrogen) atoms. The second-order valence-electron chi connectivity index (χ2n) is 4.73. The smallest absolute Gasteiger partial charge is 0.136 e. The van der Waals surface area contributed by atoms with Crippen LogP contribution in [0.1, 0.15) is 5.56 Å². The van der Waals surface area contributed by atoms with Crippen molar-refractivity contribution >= 4 is 48.6 Å². The Hall–Kier alpha value is -1.80. The summed E-state index contributed by atoms with van der Waals surface area (Å²) < 4.78 is 5.94. The highest BCUT2D eigenvalue weighted by Crippen LogP contribution is 2.35. The van der Waals surface area contributed by atoms with E-state index in [0.29, 0.717) is 0 Å². The maximum atomic E-state index is 5.94. The van der Waals surface area contributed by atoms with Crippen LogP contribution >= 0.6 is 15.9 Å². The molecule has 0 atom stereocenters. The lowest BCUT2D eigenvalue weighted by atomic mass is 10.0. The fraction of sp³-hybridized carbons (Fsp3) is 0.0588. The van der Waals surface area contributed by atoms with E-state index in [1.165, 1.54) is 27.1 Å². The molecule has 0 fully saturated rings. The number of fused-ring (bicyclic) bond motifs is 5. The molecule has 0 aliphatic carbocycles. The molecule has 1 aromatic heterocycles. The molecule has 0 spiro atoms. The van der Waals surface area contributed by atoms with Gasteiger partial charge in [0, 0.05) is 16.1 Å². The Labute approximate surface area is 119 Å². The molecule has 0 aliphatic rings. The minimum Gasteiger partial charge on any atom is -0.456 e. The van der Waals surface area contributed by atoms with Crippen LogP contribution in [0.15, 0.2) is 59.0 Å². The fourth-order valence-electron chi connectivity index (χ4n) is 2.68. The van der Waals surface area contributed by atoms with Crippen LogP contribution in [-0.2, 0) is 5.33 Å². The molecule has 0 amide bonds. The number of furan rings is 1. The van der Waals surface area contributed by atoms with Crippen LogP contribution in [-0.4, -0.2) is 0 Å². The average Bonchev–Trinajstić information content (AvgIpc) is 2.85. The fourth-order valence-corrected chi connectivity index (χ4v) is 3.03. The third kappa shape index (κ3) is 1.60. The van der Waals surface area contributed by atoms with Gasteiger partial charge in [0.05, 0.1) is 0 Å². The van der Waals surface area contributed by atoms with Gasteiger partial charge in [-0.25, -0.2) is 0 Å². The van der Waals surface area contributed by atoms with Crippen LogP contribution in [0.4, 0.5) is 0 Å². The largest absolute Gasteiger partial charge is 0.456 e. The van der Waals surface area contributed by atoms with Crippen molar-refractivity contribution in [1.29, 1.82) is 0 Å². The van der Waals surface area contributed by atoms with E-state index in [2.05, 4.69) is 70.5 Å². The van der Waals surface area contributed by atoms with Gasteiger partial charge in [-0.15, -0.1) is 0 Å². The topological polar surface area (TPSA) is 13.1 Å². The van der Waals surface area contributed by atoms with Crippen LogP contribution in [0.3, 0.4) is 0 Å². The average molecular weight is 311 g/mol. The van der Waals surface area contributed by atoms with Crippen molar-refractivity contribution < 1.29 is 4.42 Å². The summed E-state index contributed by atoms with van der Waals surface area (Å²) in [5, 5.41) is 5.78. The zero-order valence-corrected chi connectivity index (χ0v) is 11.8. The molecule has 0 bridgehead atoms. The van der Waals surface area contributed by atoms with E-state index in [1.807, 2.05) is 0 Å². The lowest BCUT2D eigenvalue weighted by Gasteiger charge is -1.99. The van der Waals surface area contributed by atoms with Crippen LogP contribution in [0.25, 0.3) is 32.7 Å². The first-order valence-corrected chi connectivity index (χ1v) is 7.38. The first kappa shape index (κ1) is 11.1. The summed E-state index contributed by atoms with van der Waals surface area (Å²) in [6.45, 7) is 0. The van der Waals surface area contributed by atoms with Gasteiger partial charge < -0.3 is 4.42 Å². The number of benzene rings is 3. The molecule has 4 aromatic rings. The standard InChI is InChI=1S/C17H11BrO/c18-10-11-5-7-15-14(9-11)17-13-4-2-1-3-12(13)6-8-16(17)19-15/h1-9H,10H2. The monoisotopic (exact) mass is 310 g/mol. The molecule has 0 saturated carbocycles. The predicted molar refractivity (Wildman–Crippen MR) is 83.9 cm³/mol. The molecule has 0 unspecified atom stereocenters. The third-order valence-corrected chi connectivity index (χ3v) is 4.23. The van der Waals surface area contributed by atoms with Crippen molar-refractivity contribution in [3.05, 3.63) is 60.2 Å². The molecule has 1 heterocycles. The van der Waals surface area contributed by atoms with Crippen molar-refractivity contribution in [3.63, 3.8) is 0 Å². The minimum absolute atomic E-state index is 0.861. The normalized spacial score (nSPS) is 11.6. The van der Waals surface area contributed by atoms with Gasteiger partial charge in [0.15, 0.2) is 0 Å². The molecular weight excluding hydrogens is 300 g/mol. The summed E-state index contributed by atoms with van der Waals surface area (Å²) in [5.41, 5.74) is 3.18.